The van der Waals surface area contributed by atoms with Crippen LogP contribution in [0.1, 0.15) is 13.8 Å². The summed E-state index contributed by atoms with van der Waals surface area (Å²) in [4.78, 5) is 0. The van der Waals surface area contributed by atoms with Gasteiger partial charge in [0.2, 0.25) is 0 Å². The molecule has 2 rings (SSSR count). The van der Waals surface area contributed by atoms with Crippen LogP contribution in [0.3, 0.4) is 0 Å². The molecule has 2 aromatic carbocycles. The molecule has 0 saturated heterocycles. The Balaban J connectivity index is 1.95. The molecule has 0 N–H and O–H groups in total. The molecule has 2 unspecified atom stereocenters. The summed E-state index contributed by atoms with van der Waals surface area (Å²) in [7, 11) is 0. The molecule has 0 spiro atoms. The molecule has 0 aliphatic carbocycles. The summed E-state index contributed by atoms with van der Waals surface area (Å²) in [5.74, 6) is 0. The number of para-hydroxylation sites is 2. The second kappa shape index (κ2) is 10.2. The van der Waals surface area contributed by atoms with Crippen LogP contribution in [0.25, 0.3) is 0 Å². The molecular formula is C24H34N2O+2. The topological polar surface area (TPSA) is 9.23 Å². The third-order valence-corrected chi connectivity index (χ3v) is 5.64. The largest absolute Gasteiger partial charge is 0.370 e. The molecule has 0 bridgehead atoms. The quantitative estimate of drug-likeness (QED) is 0.364. The van der Waals surface area contributed by atoms with Gasteiger partial charge in [-0.25, -0.2) is 0 Å². The maximum absolute atomic E-state index is 6.07. The minimum Gasteiger partial charge on any atom is -0.370 e. The zero-order valence-electron chi connectivity index (χ0n) is 16.9. The molecule has 3 nitrogen and oxygen atoms in total. The van der Waals surface area contributed by atoms with Gasteiger partial charge in [-0.3, -0.25) is 8.97 Å². The van der Waals surface area contributed by atoms with E-state index in [9.17, 15) is 0 Å². The van der Waals surface area contributed by atoms with Crippen molar-refractivity contribution in [2.45, 2.75) is 13.8 Å². The summed E-state index contributed by atoms with van der Waals surface area (Å²) in [6.07, 6.45) is 4.05. The summed E-state index contributed by atoms with van der Waals surface area (Å²) in [6.45, 7) is 17.6. The van der Waals surface area contributed by atoms with Gasteiger partial charge in [-0.2, -0.15) is 0 Å². The molecule has 2 aromatic rings. The zero-order valence-corrected chi connectivity index (χ0v) is 16.9. The molecule has 0 fully saturated rings. The Kier molecular flexibility index (Phi) is 7.99. The Morgan fingerprint density at radius 3 is 1.37 bits per heavy atom. The molecule has 0 saturated carbocycles. The van der Waals surface area contributed by atoms with Gasteiger partial charge >= 0.3 is 0 Å². The van der Waals surface area contributed by atoms with E-state index in [0.29, 0.717) is 13.2 Å². The van der Waals surface area contributed by atoms with E-state index in [1.165, 1.54) is 11.4 Å². The van der Waals surface area contributed by atoms with Crippen LogP contribution in [0.5, 0.6) is 0 Å². The van der Waals surface area contributed by atoms with Crippen LogP contribution in [0.15, 0.2) is 86.2 Å². The Morgan fingerprint density at radius 1 is 0.704 bits per heavy atom. The number of nitrogens with zero attached hydrogens (tertiary/aromatic N) is 2. The van der Waals surface area contributed by atoms with Gasteiger partial charge in [0.1, 0.15) is 24.5 Å². The van der Waals surface area contributed by atoms with Crippen LogP contribution >= 0.6 is 0 Å². The van der Waals surface area contributed by atoms with Crippen LogP contribution in [-0.2, 0) is 4.74 Å². The van der Waals surface area contributed by atoms with Crippen molar-refractivity contribution in [3.63, 3.8) is 0 Å². The van der Waals surface area contributed by atoms with E-state index in [-0.39, 0.29) is 0 Å². The van der Waals surface area contributed by atoms with Gasteiger partial charge in [-0.15, -0.1) is 0 Å². The second-order valence-corrected chi connectivity index (χ2v) is 6.80. The van der Waals surface area contributed by atoms with Gasteiger partial charge < -0.3 is 4.74 Å². The number of quaternary nitrogens is 2. The Morgan fingerprint density at radius 2 is 1.07 bits per heavy atom. The van der Waals surface area contributed by atoms with Gasteiger partial charge in [0.05, 0.1) is 38.7 Å². The molecule has 0 radical (unpaired) electrons. The average Bonchev–Trinajstić information content (AvgIpc) is 2.75. The number of likely N-dealkylation sites (N-methyl/N-ethyl adjacent to an activating group) is 2. The summed E-state index contributed by atoms with van der Waals surface area (Å²) < 4.78 is 7.53. The van der Waals surface area contributed by atoms with Crippen LogP contribution in [-0.4, -0.2) is 39.4 Å². The Hall–Kier alpha value is -2.20. The van der Waals surface area contributed by atoms with Gasteiger partial charge in [0.15, 0.2) is 0 Å². The first kappa shape index (κ1) is 21.1. The number of benzene rings is 2. The number of ether oxygens (including phenoxy) is 1. The highest BCUT2D eigenvalue weighted by Crippen LogP contribution is 2.24. The fourth-order valence-electron chi connectivity index (χ4n) is 3.60. The fraction of sp³-hybridized carbons (Fsp3) is 0.333. The first-order valence-electron chi connectivity index (χ1n) is 9.86. The average molecular weight is 367 g/mol. The van der Waals surface area contributed by atoms with Crippen molar-refractivity contribution in [1.82, 2.24) is 8.97 Å². The lowest BCUT2D eigenvalue weighted by Gasteiger charge is -2.34. The predicted molar refractivity (Wildman–Crippen MR) is 119 cm³/mol. The standard InChI is InChI=1S/C24H34N2O/c1-5-25(6-2,23-15-11-9-12-16-23)19-21-27-22-20-26(7-3,8-4)24-17-13-10-14-18-24/h5,7,9-18H,1,3,6,8,19-22H2,2,4H3/q+2. The van der Waals surface area contributed by atoms with Crippen molar-refractivity contribution in [2.75, 3.05) is 39.4 Å². The smallest absolute Gasteiger partial charge is 0.137 e. The maximum Gasteiger partial charge on any atom is 0.137 e. The fourth-order valence-corrected chi connectivity index (χ4v) is 3.60. The first-order valence-corrected chi connectivity index (χ1v) is 9.86. The van der Waals surface area contributed by atoms with Crippen molar-refractivity contribution in [1.29, 1.82) is 0 Å². The van der Waals surface area contributed by atoms with Gasteiger partial charge in [-0.1, -0.05) is 36.4 Å². The summed E-state index contributed by atoms with van der Waals surface area (Å²) in [6, 6.07) is 21.1. The van der Waals surface area contributed by atoms with Crippen molar-refractivity contribution in [3.8, 4) is 0 Å². The molecule has 2 atom stereocenters. The number of hydrogen-bond acceptors (Lipinski definition) is 1. The molecule has 0 amide bonds. The van der Waals surface area contributed by atoms with Crippen molar-refractivity contribution in [2.24, 2.45) is 0 Å². The van der Waals surface area contributed by atoms with Crippen molar-refractivity contribution >= 4 is 11.4 Å². The lowest BCUT2D eigenvalue weighted by molar-refractivity contribution is 0.105. The highest BCUT2D eigenvalue weighted by molar-refractivity contribution is 5.45. The van der Waals surface area contributed by atoms with Crippen molar-refractivity contribution in [3.05, 3.63) is 86.2 Å². The van der Waals surface area contributed by atoms with Crippen LogP contribution < -0.4 is 8.97 Å². The lowest BCUT2D eigenvalue weighted by atomic mass is 10.2. The third-order valence-electron chi connectivity index (χ3n) is 5.64. The number of rotatable bonds is 12. The molecule has 0 aliphatic rings. The molecule has 3 heteroatoms. The van der Waals surface area contributed by atoms with Crippen LogP contribution in [0, 0.1) is 0 Å². The highest BCUT2D eigenvalue weighted by Gasteiger charge is 2.27. The minimum absolute atomic E-state index is 0.699. The minimum atomic E-state index is 0.699. The van der Waals surface area contributed by atoms with E-state index in [1.54, 1.807) is 0 Å². The van der Waals surface area contributed by atoms with Crippen molar-refractivity contribution < 1.29 is 4.74 Å². The Labute approximate surface area is 165 Å². The monoisotopic (exact) mass is 366 g/mol. The van der Waals surface area contributed by atoms with E-state index in [4.69, 9.17) is 4.74 Å². The molecule has 0 heterocycles. The molecule has 0 aliphatic heterocycles. The Bertz CT molecular complexity index is 639. The van der Waals surface area contributed by atoms with Crippen LogP contribution in [0.4, 0.5) is 11.4 Å². The molecule has 0 aromatic heterocycles. The normalized spacial score (nSPS) is 15.5. The van der Waals surface area contributed by atoms with Gasteiger partial charge in [-0.05, 0) is 51.3 Å². The van der Waals surface area contributed by atoms with Gasteiger partial charge in [0.25, 0.3) is 0 Å². The first-order chi connectivity index (χ1) is 13.2. The van der Waals surface area contributed by atoms with E-state index in [0.717, 1.165) is 35.1 Å². The highest BCUT2D eigenvalue weighted by atomic mass is 16.5. The van der Waals surface area contributed by atoms with E-state index < -0.39 is 0 Å². The molecule has 27 heavy (non-hydrogen) atoms. The van der Waals surface area contributed by atoms with E-state index in [2.05, 4.69) is 87.7 Å². The SMILES string of the molecule is C=C[N+](CC)(CCOCC[N+](C=C)(CC)c1ccccc1)c1ccccc1. The van der Waals surface area contributed by atoms with E-state index in [1.807, 2.05) is 12.4 Å². The summed E-state index contributed by atoms with van der Waals surface area (Å²) in [5.41, 5.74) is 2.51. The lowest BCUT2D eigenvalue weighted by Crippen LogP contribution is -2.47. The number of hydrogen-bond donors (Lipinski definition) is 0. The van der Waals surface area contributed by atoms with E-state index >= 15 is 0 Å². The molecular weight excluding hydrogens is 332 g/mol. The predicted octanol–water partition coefficient (Wildman–Crippen LogP) is 5.34. The summed E-state index contributed by atoms with van der Waals surface area (Å²) >= 11 is 0. The molecule has 144 valence electrons. The van der Waals surface area contributed by atoms with Gasteiger partial charge in [0, 0.05) is 0 Å². The second-order valence-electron chi connectivity index (χ2n) is 6.80. The summed E-state index contributed by atoms with van der Waals surface area (Å²) in [5, 5.41) is 0. The zero-order chi connectivity index (χ0) is 19.6. The third kappa shape index (κ3) is 4.95. The van der Waals surface area contributed by atoms with Crippen LogP contribution in [0.2, 0.25) is 0 Å². The maximum atomic E-state index is 6.07.